The van der Waals surface area contributed by atoms with E-state index in [4.69, 9.17) is 0 Å². The molecule has 2 aromatic carbocycles. The summed E-state index contributed by atoms with van der Waals surface area (Å²) in [5.74, 6) is 0.0807. The zero-order valence-electron chi connectivity index (χ0n) is 15.6. The Morgan fingerprint density at radius 1 is 0.846 bits per heavy atom. The molecule has 5 heteroatoms. The molecule has 2 aromatic rings. The Balaban J connectivity index is 1.62. The van der Waals surface area contributed by atoms with E-state index >= 15 is 0 Å². The molecule has 0 aliphatic carbocycles. The van der Waals surface area contributed by atoms with E-state index in [0.29, 0.717) is 13.1 Å². The van der Waals surface area contributed by atoms with E-state index in [1.807, 2.05) is 36.4 Å². The molecule has 140 valence electrons. The molecule has 2 unspecified atom stereocenters. The largest absolute Gasteiger partial charge is 0.295 e. The highest BCUT2D eigenvalue weighted by molar-refractivity contribution is 7.88. The van der Waals surface area contributed by atoms with Gasteiger partial charge in [-0.3, -0.25) is 4.90 Å². The first kappa shape index (κ1) is 19.1. The SMILES string of the molecule is CC1CN(S(=O)(=O)Cc2ccccc2)CC(C)N1CCc1ccccc1. The third-order valence-electron chi connectivity index (χ3n) is 5.15. The van der Waals surface area contributed by atoms with Crippen LogP contribution in [0.25, 0.3) is 0 Å². The number of hydrogen-bond donors (Lipinski definition) is 0. The lowest BCUT2D eigenvalue weighted by Crippen LogP contribution is -2.58. The van der Waals surface area contributed by atoms with Crippen molar-refractivity contribution in [1.29, 1.82) is 0 Å². The van der Waals surface area contributed by atoms with Crippen LogP contribution in [-0.2, 0) is 22.2 Å². The van der Waals surface area contributed by atoms with Crippen molar-refractivity contribution >= 4 is 10.0 Å². The summed E-state index contributed by atoms with van der Waals surface area (Å²) in [5.41, 5.74) is 2.17. The summed E-state index contributed by atoms with van der Waals surface area (Å²) in [4.78, 5) is 2.43. The van der Waals surface area contributed by atoms with Gasteiger partial charge in [0.25, 0.3) is 0 Å². The Labute approximate surface area is 157 Å². The van der Waals surface area contributed by atoms with E-state index in [0.717, 1.165) is 18.5 Å². The summed E-state index contributed by atoms with van der Waals surface area (Å²) >= 11 is 0. The fourth-order valence-corrected chi connectivity index (χ4v) is 5.44. The van der Waals surface area contributed by atoms with Crippen molar-refractivity contribution in [2.45, 2.75) is 38.1 Å². The highest BCUT2D eigenvalue weighted by atomic mass is 32.2. The van der Waals surface area contributed by atoms with Crippen LogP contribution < -0.4 is 0 Å². The molecule has 26 heavy (non-hydrogen) atoms. The summed E-state index contributed by atoms with van der Waals surface area (Å²) in [6.45, 7) is 6.35. The van der Waals surface area contributed by atoms with Gasteiger partial charge in [-0.1, -0.05) is 60.7 Å². The third kappa shape index (κ3) is 4.72. The maximum Gasteiger partial charge on any atom is 0.218 e. The fourth-order valence-electron chi connectivity index (χ4n) is 3.76. The van der Waals surface area contributed by atoms with Gasteiger partial charge < -0.3 is 0 Å². The molecular weight excluding hydrogens is 344 g/mol. The molecule has 1 saturated heterocycles. The molecule has 1 aliphatic heterocycles. The fraction of sp³-hybridized carbons (Fsp3) is 0.429. The number of nitrogens with zero attached hydrogens (tertiary/aromatic N) is 2. The zero-order chi connectivity index (χ0) is 18.6. The van der Waals surface area contributed by atoms with Crippen molar-refractivity contribution in [2.75, 3.05) is 19.6 Å². The summed E-state index contributed by atoms with van der Waals surface area (Å²) < 4.78 is 27.4. The van der Waals surface area contributed by atoms with Gasteiger partial charge in [-0.25, -0.2) is 8.42 Å². The Hall–Kier alpha value is -1.69. The molecule has 1 aliphatic rings. The first-order valence-electron chi connectivity index (χ1n) is 9.27. The van der Waals surface area contributed by atoms with Gasteiger partial charge in [-0.2, -0.15) is 4.31 Å². The quantitative estimate of drug-likeness (QED) is 0.782. The monoisotopic (exact) mass is 372 g/mol. The van der Waals surface area contributed by atoms with E-state index in [1.165, 1.54) is 5.56 Å². The highest BCUT2D eigenvalue weighted by Crippen LogP contribution is 2.21. The predicted molar refractivity (Wildman–Crippen MR) is 106 cm³/mol. The van der Waals surface area contributed by atoms with Gasteiger partial charge in [0.2, 0.25) is 10.0 Å². The standard InChI is InChI=1S/C21H28N2O2S/c1-18-15-22(26(24,25)17-21-11-7-4-8-12-21)16-19(2)23(18)14-13-20-9-5-3-6-10-20/h3-12,18-19H,13-17H2,1-2H3. The molecule has 0 N–H and O–H groups in total. The molecule has 0 radical (unpaired) electrons. The van der Waals surface area contributed by atoms with Crippen LogP contribution >= 0.6 is 0 Å². The molecule has 0 spiro atoms. The van der Waals surface area contributed by atoms with Crippen LogP contribution in [0.4, 0.5) is 0 Å². The third-order valence-corrected chi connectivity index (χ3v) is 6.94. The highest BCUT2D eigenvalue weighted by Gasteiger charge is 2.34. The summed E-state index contributed by atoms with van der Waals surface area (Å²) in [6.07, 6.45) is 0.992. The van der Waals surface area contributed by atoms with Crippen molar-refractivity contribution in [2.24, 2.45) is 0 Å². The Kier molecular flexibility index (Phi) is 6.12. The van der Waals surface area contributed by atoms with Gasteiger partial charge in [-0.05, 0) is 31.4 Å². The second-order valence-electron chi connectivity index (χ2n) is 7.23. The summed E-state index contributed by atoms with van der Waals surface area (Å²) in [7, 11) is -3.29. The lowest BCUT2D eigenvalue weighted by Gasteiger charge is -2.43. The van der Waals surface area contributed by atoms with E-state index in [2.05, 4.69) is 43.0 Å². The van der Waals surface area contributed by atoms with Gasteiger partial charge in [-0.15, -0.1) is 0 Å². The molecule has 4 nitrogen and oxygen atoms in total. The Morgan fingerprint density at radius 3 is 1.88 bits per heavy atom. The summed E-state index contributed by atoms with van der Waals surface area (Å²) in [5, 5.41) is 0. The second kappa shape index (κ2) is 8.33. The van der Waals surface area contributed by atoms with Crippen LogP contribution in [-0.4, -0.2) is 49.3 Å². The van der Waals surface area contributed by atoms with Gasteiger partial charge in [0, 0.05) is 31.7 Å². The molecule has 2 atom stereocenters. The Bertz CT molecular complexity index is 781. The number of rotatable bonds is 6. The van der Waals surface area contributed by atoms with Gasteiger partial charge in [0.15, 0.2) is 0 Å². The first-order chi connectivity index (χ1) is 12.5. The number of hydrogen-bond acceptors (Lipinski definition) is 3. The van der Waals surface area contributed by atoms with Crippen LogP contribution in [0.3, 0.4) is 0 Å². The molecule has 0 bridgehead atoms. The van der Waals surface area contributed by atoms with Crippen molar-refractivity contribution in [1.82, 2.24) is 9.21 Å². The zero-order valence-corrected chi connectivity index (χ0v) is 16.4. The maximum absolute atomic E-state index is 12.8. The minimum absolute atomic E-state index is 0.0807. The van der Waals surface area contributed by atoms with E-state index in [-0.39, 0.29) is 17.8 Å². The average Bonchev–Trinajstić information content (AvgIpc) is 2.62. The van der Waals surface area contributed by atoms with Crippen molar-refractivity contribution in [3.05, 3.63) is 71.8 Å². The average molecular weight is 373 g/mol. The smallest absolute Gasteiger partial charge is 0.218 e. The van der Waals surface area contributed by atoms with Crippen molar-refractivity contribution in [3.8, 4) is 0 Å². The van der Waals surface area contributed by atoms with E-state index in [1.54, 1.807) is 4.31 Å². The molecule has 1 fully saturated rings. The molecule has 0 amide bonds. The van der Waals surface area contributed by atoms with E-state index < -0.39 is 10.0 Å². The summed E-state index contributed by atoms with van der Waals surface area (Å²) in [6, 6.07) is 20.3. The lowest BCUT2D eigenvalue weighted by molar-refractivity contribution is 0.0783. The minimum atomic E-state index is -3.29. The van der Waals surface area contributed by atoms with Crippen LogP contribution in [0.5, 0.6) is 0 Å². The number of piperazine rings is 1. The van der Waals surface area contributed by atoms with Crippen molar-refractivity contribution in [3.63, 3.8) is 0 Å². The lowest BCUT2D eigenvalue weighted by atomic mass is 10.1. The van der Waals surface area contributed by atoms with Crippen LogP contribution in [0.2, 0.25) is 0 Å². The molecule has 0 aromatic heterocycles. The molecule has 1 heterocycles. The number of benzene rings is 2. The van der Waals surface area contributed by atoms with Crippen LogP contribution in [0.15, 0.2) is 60.7 Å². The molecular formula is C21H28N2O2S. The second-order valence-corrected chi connectivity index (χ2v) is 9.20. The first-order valence-corrected chi connectivity index (χ1v) is 10.9. The minimum Gasteiger partial charge on any atom is -0.295 e. The molecule has 0 saturated carbocycles. The molecule has 3 rings (SSSR count). The van der Waals surface area contributed by atoms with Gasteiger partial charge >= 0.3 is 0 Å². The number of sulfonamides is 1. The Morgan fingerprint density at radius 2 is 1.35 bits per heavy atom. The van der Waals surface area contributed by atoms with Gasteiger partial charge in [0.05, 0.1) is 5.75 Å². The van der Waals surface area contributed by atoms with Crippen LogP contribution in [0, 0.1) is 0 Å². The topological polar surface area (TPSA) is 40.6 Å². The normalized spacial score (nSPS) is 22.4. The van der Waals surface area contributed by atoms with Crippen molar-refractivity contribution < 1.29 is 8.42 Å². The van der Waals surface area contributed by atoms with Crippen LogP contribution in [0.1, 0.15) is 25.0 Å². The predicted octanol–water partition coefficient (Wildman–Crippen LogP) is 3.15. The van der Waals surface area contributed by atoms with Gasteiger partial charge in [0.1, 0.15) is 0 Å². The van der Waals surface area contributed by atoms with E-state index in [9.17, 15) is 8.42 Å². The maximum atomic E-state index is 12.8.